The van der Waals surface area contributed by atoms with Gasteiger partial charge < -0.3 is 10.3 Å². The van der Waals surface area contributed by atoms with Crippen LogP contribution in [0.25, 0.3) is 0 Å². The minimum absolute atomic E-state index is 0.179. The van der Waals surface area contributed by atoms with Gasteiger partial charge >= 0.3 is 0 Å². The molecular weight excluding hydrogens is 198 g/mol. The fraction of sp³-hybridized carbons (Fsp3) is 0.556. The van der Waals surface area contributed by atoms with Crippen LogP contribution in [0, 0.1) is 4.77 Å². The van der Waals surface area contributed by atoms with E-state index in [1.807, 2.05) is 0 Å². The zero-order valence-corrected chi connectivity index (χ0v) is 9.30. The van der Waals surface area contributed by atoms with Crippen LogP contribution < -0.4 is 11.3 Å². The second-order valence-electron chi connectivity index (χ2n) is 3.29. The van der Waals surface area contributed by atoms with E-state index >= 15 is 0 Å². The van der Waals surface area contributed by atoms with Gasteiger partial charge in [-0.25, -0.2) is 0 Å². The SMILES string of the molecule is CCCCn1c(=O)c(N)cn(C)c1=S. The van der Waals surface area contributed by atoms with Gasteiger partial charge in [-0.3, -0.25) is 9.36 Å². The smallest absolute Gasteiger partial charge is 0.277 e. The first kappa shape index (κ1) is 11.0. The molecule has 1 heterocycles. The van der Waals surface area contributed by atoms with Crippen LogP contribution in [0.15, 0.2) is 11.0 Å². The molecule has 0 amide bonds. The third-order valence-electron chi connectivity index (χ3n) is 2.09. The van der Waals surface area contributed by atoms with Crippen molar-refractivity contribution in [1.29, 1.82) is 0 Å². The van der Waals surface area contributed by atoms with E-state index in [-0.39, 0.29) is 11.2 Å². The van der Waals surface area contributed by atoms with Gasteiger partial charge in [0.2, 0.25) is 0 Å². The molecule has 0 saturated carbocycles. The maximum absolute atomic E-state index is 11.6. The Morgan fingerprint density at radius 2 is 2.21 bits per heavy atom. The summed E-state index contributed by atoms with van der Waals surface area (Å²) in [5, 5.41) is 0. The van der Waals surface area contributed by atoms with Crippen molar-refractivity contribution in [3.05, 3.63) is 21.3 Å². The third-order valence-corrected chi connectivity index (χ3v) is 2.60. The van der Waals surface area contributed by atoms with Crippen LogP contribution in [0.2, 0.25) is 0 Å². The highest BCUT2D eigenvalue weighted by Crippen LogP contribution is 1.98. The van der Waals surface area contributed by atoms with E-state index in [0.717, 1.165) is 12.8 Å². The van der Waals surface area contributed by atoms with Crippen LogP contribution >= 0.6 is 12.2 Å². The number of nitrogen functional groups attached to an aromatic ring is 1. The van der Waals surface area contributed by atoms with E-state index < -0.39 is 0 Å². The summed E-state index contributed by atoms with van der Waals surface area (Å²) in [5.41, 5.74) is 5.63. The summed E-state index contributed by atoms with van der Waals surface area (Å²) < 4.78 is 3.77. The first-order valence-electron chi connectivity index (χ1n) is 4.64. The number of unbranched alkanes of at least 4 members (excludes halogenated alkanes) is 1. The molecule has 0 unspecified atom stereocenters. The van der Waals surface area contributed by atoms with Crippen LogP contribution in [0.1, 0.15) is 19.8 Å². The predicted molar refractivity (Wildman–Crippen MR) is 59.8 cm³/mol. The largest absolute Gasteiger partial charge is 0.393 e. The van der Waals surface area contributed by atoms with Crippen LogP contribution in [-0.2, 0) is 13.6 Å². The molecule has 2 N–H and O–H groups in total. The van der Waals surface area contributed by atoms with Crippen LogP contribution in [-0.4, -0.2) is 9.13 Å². The van der Waals surface area contributed by atoms with E-state index in [1.54, 1.807) is 22.4 Å². The molecule has 0 saturated heterocycles. The van der Waals surface area contributed by atoms with Gasteiger partial charge in [0.25, 0.3) is 5.56 Å². The summed E-state index contributed by atoms with van der Waals surface area (Å²) in [6.07, 6.45) is 3.53. The second kappa shape index (κ2) is 4.41. The number of aryl methyl sites for hydroxylation is 1. The molecule has 0 aliphatic rings. The van der Waals surface area contributed by atoms with Crippen molar-refractivity contribution in [3.63, 3.8) is 0 Å². The Labute approximate surface area is 88.0 Å². The number of hydrogen-bond acceptors (Lipinski definition) is 3. The van der Waals surface area contributed by atoms with Crippen molar-refractivity contribution in [2.24, 2.45) is 7.05 Å². The molecule has 0 atom stereocenters. The van der Waals surface area contributed by atoms with E-state index in [1.165, 1.54) is 0 Å². The lowest BCUT2D eigenvalue weighted by Gasteiger charge is -2.09. The average molecular weight is 213 g/mol. The zero-order chi connectivity index (χ0) is 10.7. The van der Waals surface area contributed by atoms with Crippen molar-refractivity contribution in [2.45, 2.75) is 26.3 Å². The normalized spacial score (nSPS) is 10.4. The van der Waals surface area contributed by atoms with Gasteiger partial charge in [0.05, 0.1) is 0 Å². The molecule has 1 aromatic heterocycles. The fourth-order valence-electron chi connectivity index (χ4n) is 1.27. The first-order chi connectivity index (χ1) is 6.57. The molecule has 78 valence electrons. The third kappa shape index (κ3) is 2.04. The molecule has 0 spiro atoms. The standard InChI is InChI=1S/C9H15N3OS/c1-3-4-5-12-8(13)7(10)6-11(2)9(12)14/h6H,3-5,10H2,1-2H3. The topological polar surface area (TPSA) is 52.9 Å². The van der Waals surface area contributed by atoms with E-state index in [0.29, 0.717) is 11.3 Å². The minimum atomic E-state index is -0.179. The molecule has 0 radical (unpaired) electrons. The van der Waals surface area contributed by atoms with Gasteiger partial charge in [0.1, 0.15) is 5.69 Å². The Balaban J connectivity index is 3.26. The average Bonchev–Trinajstić information content (AvgIpc) is 2.15. The zero-order valence-electron chi connectivity index (χ0n) is 8.49. The van der Waals surface area contributed by atoms with Crippen molar-refractivity contribution >= 4 is 17.9 Å². The first-order valence-corrected chi connectivity index (χ1v) is 5.04. The molecule has 0 aromatic carbocycles. The highest BCUT2D eigenvalue weighted by atomic mass is 32.1. The molecular formula is C9H15N3OS. The lowest BCUT2D eigenvalue weighted by molar-refractivity contribution is 0.576. The lowest BCUT2D eigenvalue weighted by Crippen LogP contribution is -2.26. The number of rotatable bonds is 3. The highest BCUT2D eigenvalue weighted by Gasteiger charge is 2.03. The predicted octanol–water partition coefficient (Wildman–Crippen LogP) is 1.30. The van der Waals surface area contributed by atoms with Gasteiger partial charge in [0.15, 0.2) is 4.77 Å². The number of nitrogens with zero attached hydrogens (tertiary/aromatic N) is 2. The summed E-state index contributed by atoms with van der Waals surface area (Å²) in [4.78, 5) is 11.6. The lowest BCUT2D eigenvalue weighted by atomic mass is 10.3. The maximum atomic E-state index is 11.6. The Kier molecular flexibility index (Phi) is 3.46. The number of nitrogens with two attached hydrogens (primary N) is 1. The fourth-order valence-corrected chi connectivity index (χ4v) is 1.49. The Hall–Kier alpha value is -1.10. The molecule has 14 heavy (non-hydrogen) atoms. The van der Waals surface area contributed by atoms with Gasteiger partial charge in [-0.1, -0.05) is 13.3 Å². The van der Waals surface area contributed by atoms with Crippen LogP contribution in [0.3, 0.4) is 0 Å². The minimum Gasteiger partial charge on any atom is -0.393 e. The summed E-state index contributed by atoms with van der Waals surface area (Å²) >= 11 is 5.12. The Morgan fingerprint density at radius 3 is 2.79 bits per heavy atom. The monoisotopic (exact) mass is 213 g/mol. The van der Waals surface area contributed by atoms with Crippen molar-refractivity contribution in [1.82, 2.24) is 9.13 Å². The van der Waals surface area contributed by atoms with Crippen LogP contribution in [0.5, 0.6) is 0 Å². The van der Waals surface area contributed by atoms with E-state index in [9.17, 15) is 4.79 Å². The number of aromatic nitrogens is 2. The highest BCUT2D eigenvalue weighted by molar-refractivity contribution is 7.71. The van der Waals surface area contributed by atoms with Gasteiger partial charge in [-0.2, -0.15) is 0 Å². The number of anilines is 1. The Bertz CT molecular complexity index is 398. The maximum Gasteiger partial charge on any atom is 0.277 e. The quantitative estimate of drug-likeness (QED) is 0.770. The molecule has 1 rings (SSSR count). The van der Waals surface area contributed by atoms with Crippen molar-refractivity contribution in [2.75, 3.05) is 5.73 Å². The van der Waals surface area contributed by atoms with Gasteiger partial charge in [-0.15, -0.1) is 0 Å². The molecule has 1 aromatic rings. The van der Waals surface area contributed by atoms with Gasteiger partial charge in [0, 0.05) is 19.8 Å². The Morgan fingerprint density at radius 1 is 1.57 bits per heavy atom. The second-order valence-corrected chi connectivity index (χ2v) is 3.65. The van der Waals surface area contributed by atoms with Crippen molar-refractivity contribution < 1.29 is 0 Å². The molecule has 4 nitrogen and oxygen atoms in total. The summed E-state index contributed by atoms with van der Waals surface area (Å²) in [5.74, 6) is 0. The van der Waals surface area contributed by atoms with Crippen LogP contribution in [0.4, 0.5) is 5.69 Å². The van der Waals surface area contributed by atoms with Crippen molar-refractivity contribution in [3.8, 4) is 0 Å². The molecule has 0 fully saturated rings. The molecule has 0 aliphatic carbocycles. The molecule has 0 aliphatic heterocycles. The van der Waals surface area contributed by atoms with Gasteiger partial charge in [-0.05, 0) is 18.6 Å². The summed E-state index contributed by atoms with van der Waals surface area (Å²) in [6.45, 7) is 2.72. The van der Waals surface area contributed by atoms with E-state index in [4.69, 9.17) is 18.0 Å². The number of hydrogen-bond donors (Lipinski definition) is 1. The molecule has 0 bridgehead atoms. The molecule has 5 heteroatoms. The summed E-state index contributed by atoms with van der Waals surface area (Å²) in [7, 11) is 1.79. The summed E-state index contributed by atoms with van der Waals surface area (Å²) in [6, 6.07) is 0. The van der Waals surface area contributed by atoms with E-state index in [2.05, 4.69) is 6.92 Å².